The van der Waals surface area contributed by atoms with Gasteiger partial charge < -0.3 is 11.5 Å². The van der Waals surface area contributed by atoms with Gasteiger partial charge >= 0.3 is 0 Å². The number of carbonyl (C=O) groups excluding carboxylic acids is 1. The van der Waals surface area contributed by atoms with Gasteiger partial charge in [0.2, 0.25) is 0 Å². The predicted molar refractivity (Wildman–Crippen MR) is 94.6 cm³/mol. The number of benzene rings is 1. The zero-order valence-electron chi connectivity index (χ0n) is 13.9. The van der Waals surface area contributed by atoms with Crippen LogP contribution in [0.25, 0.3) is 5.57 Å². The number of rotatable bonds is 3. The molecule has 6 heteroatoms. The Morgan fingerprint density at radius 3 is 2.79 bits per heavy atom. The van der Waals surface area contributed by atoms with E-state index in [0.717, 1.165) is 29.5 Å². The van der Waals surface area contributed by atoms with Crippen LogP contribution >= 0.6 is 0 Å². The number of hydrogen-bond acceptors (Lipinski definition) is 2. The average molecular weight is 323 g/mol. The van der Waals surface area contributed by atoms with Gasteiger partial charge in [0.25, 0.3) is 5.91 Å². The molecule has 0 fully saturated rings. The van der Waals surface area contributed by atoms with E-state index in [0.29, 0.717) is 11.6 Å². The Labute approximate surface area is 140 Å². The monoisotopic (exact) mass is 323 g/mol. The molecule has 6 nitrogen and oxygen atoms in total. The molecule has 24 heavy (non-hydrogen) atoms. The normalized spacial score (nSPS) is 13.4. The van der Waals surface area contributed by atoms with Crippen molar-refractivity contribution in [2.75, 3.05) is 0 Å². The summed E-state index contributed by atoms with van der Waals surface area (Å²) < 4.78 is 1.93. The van der Waals surface area contributed by atoms with Gasteiger partial charge in [-0.3, -0.25) is 9.48 Å². The maximum Gasteiger partial charge on any atom is 0.280 e. The average Bonchev–Trinajstić information content (AvgIpc) is 3.03. The fourth-order valence-corrected chi connectivity index (χ4v) is 2.87. The highest BCUT2D eigenvalue weighted by Crippen LogP contribution is 2.32. The molecule has 0 atom stereocenters. The molecule has 2 aromatic rings. The number of guanidine groups is 1. The predicted octanol–water partition coefficient (Wildman–Crippen LogP) is 2.26. The van der Waals surface area contributed by atoms with Gasteiger partial charge in [0.05, 0.1) is 6.20 Å². The van der Waals surface area contributed by atoms with E-state index in [9.17, 15) is 4.79 Å². The van der Waals surface area contributed by atoms with Crippen molar-refractivity contribution in [1.82, 2.24) is 9.78 Å². The lowest BCUT2D eigenvalue weighted by atomic mass is 9.87. The Kier molecular flexibility index (Phi) is 4.20. The van der Waals surface area contributed by atoms with E-state index in [-0.39, 0.29) is 5.96 Å². The van der Waals surface area contributed by atoms with Crippen molar-refractivity contribution in [2.24, 2.45) is 16.5 Å². The first kappa shape index (κ1) is 16.0. The zero-order chi connectivity index (χ0) is 17.3. The summed E-state index contributed by atoms with van der Waals surface area (Å²) in [6, 6.07) is 5.91. The Hall–Kier alpha value is -2.89. The van der Waals surface area contributed by atoms with Gasteiger partial charge in [-0.15, -0.1) is 0 Å². The number of amides is 1. The minimum Gasteiger partial charge on any atom is -0.370 e. The van der Waals surface area contributed by atoms with Crippen molar-refractivity contribution in [3.8, 4) is 0 Å². The Morgan fingerprint density at radius 2 is 2.12 bits per heavy atom. The number of aliphatic imine (C=N–C) groups is 1. The smallest absolute Gasteiger partial charge is 0.280 e. The highest BCUT2D eigenvalue weighted by Gasteiger charge is 2.18. The third kappa shape index (κ3) is 3.08. The van der Waals surface area contributed by atoms with E-state index in [4.69, 9.17) is 11.5 Å². The molecule has 1 aliphatic carbocycles. The fourth-order valence-electron chi connectivity index (χ4n) is 2.87. The van der Waals surface area contributed by atoms with Crippen LogP contribution in [0.5, 0.6) is 0 Å². The first-order chi connectivity index (χ1) is 11.5. The lowest BCUT2D eigenvalue weighted by molar-refractivity contribution is 0.100. The number of nitrogens with two attached hydrogens (primary N) is 2. The zero-order valence-corrected chi connectivity index (χ0v) is 13.9. The van der Waals surface area contributed by atoms with Crippen molar-refractivity contribution < 1.29 is 4.79 Å². The molecule has 124 valence electrons. The maximum atomic E-state index is 12.1. The SMILES string of the molecule is CC(C)n1cc(C2=CCCc3ccc(C(=O)N=C(N)N)cc32)cn1. The van der Waals surface area contributed by atoms with E-state index >= 15 is 0 Å². The highest BCUT2D eigenvalue weighted by atomic mass is 16.1. The van der Waals surface area contributed by atoms with Crippen LogP contribution in [0.3, 0.4) is 0 Å². The standard InChI is InChI=1S/C18H21N5O/c1-11(2)23-10-14(9-21-23)15-5-3-4-12-6-7-13(8-16(12)15)17(24)22-18(19)20/h5-11H,3-4H2,1-2H3,(H4,19,20,22,24). The van der Waals surface area contributed by atoms with Crippen molar-refractivity contribution in [1.29, 1.82) is 0 Å². The first-order valence-corrected chi connectivity index (χ1v) is 7.97. The minimum atomic E-state index is -0.430. The molecule has 0 bridgehead atoms. The number of aromatic nitrogens is 2. The molecular formula is C18H21N5O. The quantitative estimate of drug-likeness (QED) is 0.668. The minimum absolute atomic E-state index is 0.230. The lowest BCUT2D eigenvalue weighted by Gasteiger charge is -2.17. The van der Waals surface area contributed by atoms with E-state index in [1.807, 2.05) is 29.2 Å². The Bertz CT molecular complexity index is 841. The second kappa shape index (κ2) is 6.31. The summed E-state index contributed by atoms with van der Waals surface area (Å²) in [6.07, 6.45) is 8.02. The van der Waals surface area contributed by atoms with Crippen molar-refractivity contribution in [3.05, 3.63) is 58.9 Å². The van der Waals surface area contributed by atoms with Gasteiger partial charge in [-0.05, 0) is 55.5 Å². The molecule has 4 N–H and O–H groups in total. The second-order valence-electron chi connectivity index (χ2n) is 6.17. The van der Waals surface area contributed by atoms with Crippen molar-refractivity contribution >= 4 is 17.4 Å². The van der Waals surface area contributed by atoms with Crippen LogP contribution in [0.4, 0.5) is 0 Å². The van der Waals surface area contributed by atoms with Gasteiger partial charge in [-0.25, -0.2) is 0 Å². The molecule has 1 heterocycles. The van der Waals surface area contributed by atoms with Crippen LogP contribution in [0.1, 0.15) is 53.4 Å². The van der Waals surface area contributed by atoms with Gasteiger partial charge in [0, 0.05) is 23.4 Å². The molecule has 0 unspecified atom stereocenters. The fraction of sp³-hybridized carbons (Fsp3) is 0.278. The van der Waals surface area contributed by atoms with Gasteiger partial charge in [-0.2, -0.15) is 10.1 Å². The third-order valence-electron chi connectivity index (χ3n) is 4.08. The van der Waals surface area contributed by atoms with E-state index in [2.05, 4.69) is 30.0 Å². The number of aryl methyl sites for hydroxylation is 1. The molecule has 0 saturated heterocycles. The summed E-state index contributed by atoms with van der Waals surface area (Å²) in [5.74, 6) is -0.660. The van der Waals surface area contributed by atoms with Gasteiger partial charge in [-0.1, -0.05) is 12.1 Å². The van der Waals surface area contributed by atoms with Crippen LogP contribution in [0.15, 0.2) is 41.7 Å². The summed E-state index contributed by atoms with van der Waals surface area (Å²) in [5, 5.41) is 4.41. The number of fused-ring (bicyclic) bond motifs is 1. The second-order valence-corrected chi connectivity index (χ2v) is 6.17. The third-order valence-corrected chi connectivity index (χ3v) is 4.08. The van der Waals surface area contributed by atoms with E-state index in [1.54, 1.807) is 6.07 Å². The van der Waals surface area contributed by atoms with Gasteiger partial charge in [0.1, 0.15) is 0 Å². The van der Waals surface area contributed by atoms with E-state index < -0.39 is 5.91 Å². The first-order valence-electron chi connectivity index (χ1n) is 7.97. The molecule has 1 aliphatic rings. The molecular weight excluding hydrogens is 302 g/mol. The summed E-state index contributed by atoms with van der Waals surface area (Å²) in [4.78, 5) is 15.7. The molecule has 0 aliphatic heterocycles. The van der Waals surface area contributed by atoms with Crippen LogP contribution < -0.4 is 11.5 Å². The number of carbonyl (C=O) groups is 1. The molecule has 0 radical (unpaired) electrons. The summed E-state index contributed by atoms with van der Waals surface area (Å²) >= 11 is 0. The summed E-state index contributed by atoms with van der Waals surface area (Å²) in [7, 11) is 0. The maximum absolute atomic E-state index is 12.1. The van der Waals surface area contributed by atoms with Crippen molar-refractivity contribution in [3.63, 3.8) is 0 Å². The number of hydrogen-bond donors (Lipinski definition) is 2. The van der Waals surface area contributed by atoms with Crippen LogP contribution in [-0.4, -0.2) is 21.6 Å². The summed E-state index contributed by atoms with van der Waals surface area (Å²) in [6.45, 7) is 4.18. The van der Waals surface area contributed by atoms with Crippen molar-refractivity contribution in [2.45, 2.75) is 32.7 Å². The Morgan fingerprint density at radius 1 is 1.33 bits per heavy atom. The van der Waals surface area contributed by atoms with Crippen LogP contribution in [0.2, 0.25) is 0 Å². The lowest BCUT2D eigenvalue weighted by Crippen LogP contribution is -2.24. The molecule has 0 spiro atoms. The highest BCUT2D eigenvalue weighted by molar-refractivity contribution is 6.02. The molecule has 1 aromatic heterocycles. The molecule has 3 rings (SSSR count). The Balaban J connectivity index is 2.02. The topological polar surface area (TPSA) is 99.3 Å². The number of allylic oxidation sites excluding steroid dienone is 1. The van der Waals surface area contributed by atoms with Crippen LogP contribution in [-0.2, 0) is 6.42 Å². The summed E-state index contributed by atoms with van der Waals surface area (Å²) in [5.41, 5.74) is 15.5. The largest absolute Gasteiger partial charge is 0.370 e. The van der Waals surface area contributed by atoms with Crippen LogP contribution in [0, 0.1) is 0 Å². The molecule has 0 saturated carbocycles. The van der Waals surface area contributed by atoms with E-state index in [1.165, 1.54) is 5.56 Å². The molecule has 1 aromatic carbocycles. The molecule has 1 amide bonds. The van der Waals surface area contributed by atoms with Gasteiger partial charge in [0.15, 0.2) is 5.96 Å². The number of nitrogens with zero attached hydrogens (tertiary/aromatic N) is 3.